The third-order valence-corrected chi connectivity index (χ3v) is 9.44. The fourth-order valence-electron chi connectivity index (χ4n) is 6.86. The zero-order valence-electron chi connectivity index (χ0n) is 22.6. The van der Waals surface area contributed by atoms with E-state index in [-0.39, 0.29) is 45.2 Å². The molecule has 4 rings (SSSR count). The Morgan fingerprint density at radius 2 is 1.93 bits per heavy atom. The topological polar surface area (TPSA) is 93.3 Å². The highest BCUT2D eigenvalue weighted by Crippen LogP contribution is 2.54. The number of carbonyl (C=O) groups excluding carboxylic acids is 1. The molecule has 0 radical (unpaired) electrons. The number of nitrogens with zero attached hydrogens (tertiary/aromatic N) is 1. The minimum Gasteiger partial charge on any atom is -0.394 e. The molecule has 0 spiro atoms. The standard InChI is InChI=1S/C31H36Cl2F2N2O3/c1-30(13-3-2-4-14-30)16-26-31(18-36,22-12-11-19(32)15-24(22)34)27(21-8-6-9-23(33)28(21)35)29(37-26)25(40)10-5-7-20(39)17-38/h6,8-9,11-12,15,20,26-27,29,37-39H,2-5,7,10,13-14,16-17H2,1H3/t20-,26-,27-,29-,31-/m0/s1. The highest BCUT2D eigenvalue weighted by atomic mass is 35.5. The number of rotatable bonds is 10. The maximum atomic E-state index is 15.8. The molecule has 3 N–H and O–H groups in total. The Morgan fingerprint density at radius 3 is 2.58 bits per heavy atom. The minimum absolute atomic E-state index is 0.0298. The lowest BCUT2D eigenvalue weighted by molar-refractivity contribution is -0.121. The van der Waals surface area contributed by atoms with E-state index in [9.17, 15) is 15.2 Å². The number of Topliss-reactive ketones (excluding diaryl/α,β-unsaturated/α-hetero) is 1. The second-order valence-corrected chi connectivity index (χ2v) is 12.5. The number of aliphatic hydroxyl groups excluding tert-OH is 2. The molecule has 2 aromatic carbocycles. The fourth-order valence-corrected chi connectivity index (χ4v) is 7.20. The molecule has 5 atom stereocenters. The normalized spacial score (nSPS) is 26.8. The summed E-state index contributed by atoms with van der Waals surface area (Å²) in [6.45, 7) is 1.74. The molecule has 1 saturated heterocycles. The first kappa shape index (κ1) is 30.9. The number of hydrogen-bond donors (Lipinski definition) is 3. The summed E-state index contributed by atoms with van der Waals surface area (Å²) < 4.78 is 31.5. The largest absolute Gasteiger partial charge is 0.394 e. The lowest BCUT2D eigenvalue weighted by Crippen LogP contribution is -2.46. The van der Waals surface area contributed by atoms with Crippen LogP contribution >= 0.6 is 23.2 Å². The van der Waals surface area contributed by atoms with Crippen molar-refractivity contribution in [2.75, 3.05) is 6.61 Å². The van der Waals surface area contributed by atoms with Crippen molar-refractivity contribution in [1.29, 1.82) is 5.26 Å². The number of ketones is 1. The molecule has 40 heavy (non-hydrogen) atoms. The number of carbonyl (C=O) groups is 1. The molecule has 9 heteroatoms. The van der Waals surface area contributed by atoms with Gasteiger partial charge in [0, 0.05) is 29.0 Å². The Labute approximate surface area is 244 Å². The van der Waals surface area contributed by atoms with Crippen molar-refractivity contribution in [1.82, 2.24) is 5.32 Å². The van der Waals surface area contributed by atoms with E-state index in [1.54, 1.807) is 6.07 Å². The molecule has 0 bridgehead atoms. The van der Waals surface area contributed by atoms with Crippen molar-refractivity contribution >= 4 is 29.0 Å². The predicted molar refractivity (Wildman–Crippen MR) is 151 cm³/mol. The van der Waals surface area contributed by atoms with Crippen LogP contribution in [0, 0.1) is 28.4 Å². The van der Waals surface area contributed by atoms with E-state index in [0.29, 0.717) is 12.8 Å². The molecule has 2 fully saturated rings. The smallest absolute Gasteiger partial charge is 0.150 e. The number of aliphatic hydroxyl groups is 2. The lowest BCUT2D eigenvalue weighted by atomic mass is 9.60. The van der Waals surface area contributed by atoms with Crippen LogP contribution in [0.4, 0.5) is 8.78 Å². The molecule has 0 aromatic heterocycles. The lowest BCUT2D eigenvalue weighted by Gasteiger charge is -2.41. The maximum absolute atomic E-state index is 15.8. The van der Waals surface area contributed by atoms with Gasteiger partial charge in [-0.3, -0.25) is 4.79 Å². The monoisotopic (exact) mass is 592 g/mol. The molecule has 0 amide bonds. The van der Waals surface area contributed by atoms with Crippen molar-refractivity contribution in [3.63, 3.8) is 0 Å². The average molecular weight is 594 g/mol. The Balaban J connectivity index is 1.88. The Bertz CT molecular complexity index is 1260. The van der Waals surface area contributed by atoms with Crippen LogP contribution in [0.5, 0.6) is 0 Å². The third-order valence-electron chi connectivity index (χ3n) is 8.91. The molecule has 1 aliphatic carbocycles. The van der Waals surface area contributed by atoms with Crippen LogP contribution in [-0.4, -0.2) is 40.8 Å². The van der Waals surface area contributed by atoms with E-state index in [1.807, 2.05) is 0 Å². The van der Waals surface area contributed by atoms with E-state index in [2.05, 4.69) is 18.3 Å². The van der Waals surface area contributed by atoms with E-state index < -0.39 is 47.8 Å². The van der Waals surface area contributed by atoms with Crippen LogP contribution in [0.25, 0.3) is 0 Å². The van der Waals surface area contributed by atoms with Crippen LogP contribution in [-0.2, 0) is 10.2 Å². The zero-order valence-corrected chi connectivity index (χ0v) is 24.1. The van der Waals surface area contributed by atoms with Crippen LogP contribution < -0.4 is 5.32 Å². The van der Waals surface area contributed by atoms with Gasteiger partial charge >= 0.3 is 0 Å². The second-order valence-electron chi connectivity index (χ2n) is 11.7. The van der Waals surface area contributed by atoms with Crippen LogP contribution in [0.2, 0.25) is 10.0 Å². The summed E-state index contributed by atoms with van der Waals surface area (Å²) in [7, 11) is 0. The van der Waals surface area contributed by atoms with Gasteiger partial charge in [-0.2, -0.15) is 5.26 Å². The molecule has 216 valence electrons. The van der Waals surface area contributed by atoms with Crippen molar-refractivity contribution in [2.45, 2.75) is 94.2 Å². The summed E-state index contributed by atoms with van der Waals surface area (Å²) in [6, 6.07) is 9.31. The van der Waals surface area contributed by atoms with E-state index in [0.717, 1.165) is 38.2 Å². The summed E-state index contributed by atoms with van der Waals surface area (Å²) in [5.74, 6) is -2.80. The van der Waals surface area contributed by atoms with E-state index in [4.69, 9.17) is 28.3 Å². The summed E-state index contributed by atoms with van der Waals surface area (Å²) >= 11 is 12.3. The van der Waals surface area contributed by atoms with E-state index >= 15 is 8.78 Å². The van der Waals surface area contributed by atoms with Crippen molar-refractivity contribution in [2.24, 2.45) is 5.41 Å². The Hall–Kier alpha value is -2.08. The Morgan fingerprint density at radius 1 is 1.20 bits per heavy atom. The van der Waals surface area contributed by atoms with Gasteiger partial charge in [-0.1, -0.05) is 67.6 Å². The van der Waals surface area contributed by atoms with Crippen LogP contribution in [0.3, 0.4) is 0 Å². The van der Waals surface area contributed by atoms with Gasteiger partial charge in [-0.05, 0) is 61.3 Å². The third kappa shape index (κ3) is 6.07. The highest BCUT2D eigenvalue weighted by Gasteiger charge is 2.61. The average Bonchev–Trinajstić information content (AvgIpc) is 3.24. The van der Waals surface area contributed by atoms with Gasteiger partial charge in [0.15, 0.2) is 0 Å². The molecule has 2 aromatic rings. The summed E-state index contributed by atoms with van der Waals surface area (Å²) in [4.78, 5) is 13.8. The van der Waals surface area contributed by atoms with E-state index in [1.165, 1.54) is 24.3 Å². The summed E-state index contributed by atoms with van der Waals surface area (Å²) in [6.07, 6.45) is 5.15. The molecular weight excluding hydrogens is 557 g/mol. The van der Waals surface area contributed by atoms with Crippen molar-refractivity contribution in [3.05, 3.63) is 69.2 Å². The molecule has 0 unspecified atom stereocenters. The molecule has 5 nitrogen and oxygen atoms in total. The van der Waals surface area contributed by atoms with Crippen molar-refractivity contribution < 1.29 is 23.8 Å². The molecule has 2 aliphatic rings. The quantitative estimate of drug-likeness (QED) is 0.288. The van der Waals surface area contributed by atoms with Gasteiger partial charge in [0.05, 0.1) is 29.8 Å². The highest BCUT2D eigenvalue weighted by molar-refractivity contribution is 6.31. The molecular formula is C31H36Cl2F2N2O3. The maximum Gasteiger partial charge on any atom is 0.150 e. The Kier molecular flexibility index (Phi) is 9.91. The second kappa shape index (κ2) is 12.8. The van der Waals surface area contributed by atoms with Gasteiger partial charge < -0.3 is 15.5 Å². The molecule has 1 saturated carbocycles. The summed E-state index contributed by atoms with van der Waals surface area (Å²) in [5, 5.41) is 33.3. The minimum atomic E-state index is -1.65. The number of hydrogen-bond acceptors (Lipinski definition) is 5. The molecule has 1 heterocycles. The predicted octanol–water partition coefficient (Wildman–Crippen LogP) is 6.61. The van der Waals surface area contributed by atoms with Gasteiger partial charge in [0.25, 0.3) is 0 Å². The van der Waals surface area contributed by atoms with Crippen molar-refractivity contribution in [3.8, 4) is 6.07 Å². The summed E-state index contributed by atoms with van der Waals surface area (Å²) in [5.41, 5.74) is -1.67. The SMILES string of the molecule is CC1(C[C@@H]2N[C@@H](C(=O)CCC[C@H](O)CO)[C@H](c3cccc(Cl)c3F)[C@@]2(C#N)c2ccc(Cl)cc2F)CCCCC1. The van der Waals surface area contributed by atoms with Gasteiger partial charge in [0.1, 0.15) is 22.8 Å². The van der Waals surface area contributed by atoms with Gasteiger partial charge in [-0.15, -0.1) is 0 Å². The van der Waals surface area contributed by atoms with Gasteiger partial charge in [0.2, 0.25) is 0 Å². The first-order valence-electron chi connectivity index (χ1n) is 13.9. The number of nitriles is 1. The number of benzene rings is 2. The van der Waals surface area contributed by atoms with Gasteiger partial charge in [-0.25, -0.2) is 8.78 Å². The molecule has 1 aliphatic heterocycles. The zero-order chi connectivity index (χ0) is 29.1. The van der Waals surface area contributed by atoms with Crippen LogP contribution in [0.1, 0.15) is 81.8 Å². The first-order valence-corrected chi connectivity index (χ1v) is 14.7. The number of nitrogens with one attached hydrogen (secondary N) is 1. The number of halogens is 4. The van der Waals surface area contributed by atoms with Crippen LogP contribution in [0.15, 0.2) is 36.4 Å². The first-order chi connectivity index (χ1) is 19.1. The fraction of sp³-hybridized carbons (Fsp3) is 0.548.